The van der Waals surface area contributed by atoms with Crippen molar-refractivity contribution in [2.75, 3.05) is 0 Å². The summed E-state index contributed by atoms with van der Waals surface area (Å²) in [5.41, 5.74) is -0.152. The lowest BCUT2D eigenvalue weighted by molar-refractivity contribution is 0.146. The molecule has 1 N–H and O–H groups in total. The second kappa shape index (κ2) is 3.03. The maximum Gasteiger partial charge on any atom is 0.137 e. The minimum atomic E-state index is -0.353. The van der Waals surface area contributed by atoms with Gasteiger partial charge in [0.25, 0.3) is 0 Å². The third-order valence-corrected chi connectivity index (χ3v) is 3.06. The Kier molecular flexibility index (Phi) is 2.12. The van der Waals surface area contributed by atoms with Crippen molar-refractivity contribution in [3.63, 3.8) is 0 Å². The van der Waals surface area contributed by atoms with E-state index in [1.807, 2.05) is 0 Å². The molecule has 13 heavy (non-hydrogen) atoms. The molecule has 0 aromatic carbocycles. The minimum absolute atomic E-state index is 0.152. The van der Waals surface area contributed by atoms with E-state index in [0.717, 1.165) is 23.1 Å². The van der Waals surface area contributed by atoms with E-state index in [1.54, 1.807) is 19.3 Å². The second-order valence-corrected chi connectivity index (χ2v) is 4.47. The highest BCUT2D eigenvalue weighted by Gasteiger charge is 2.50. The average Bonchev–Trinajstić information content (AvgIpc) is 2.86. The summed E-state index contributed by atoms with van der Waals surface area (Å²) in [4.78, 5) is 8.43. The fraction of sp³-hybridized carbons (Fsp3) is 0.556. The predicted octanol–water partition coefficient (Wildman–Crippen LogP) is 1.65. The van der Waals surface area contributed by atoms with Crippen LogP contribution in [0.2, 0.25) is 0 Å². The summed E-state index contributed by atoms with van der Waals surface area (Å²) in [5, 5.41) is 9.57. The Morgan fingerprint density at radius 3 is 2.38 bits per heavy atom. The Labute approximate surface area is 85.4 Å². The molecule has 0 spiro atoms. The molecule has 1 unspecified atom stereocenters. The molecule has 1 fully saturated rings. The molecule has 0 saturated heterocycles. The van der Waals surface area contributed by atoms with Crippen molar-refractivity contribution in [2.45, 2.75) is 31.3 Å². The van der Waals surface area contributed by atoms with Gasteiger partial charge in [-0.15, -0.1) is 0 Å². The van der Waals surface area contributed by atoms with Gasteiger partial charge in [-0.3, -0.25) is 0 Å². The Balaban J connectivity index is 2.31. The van der Waals surface area contributed by atoms with Crippen LogP contribution in [0.3, 0.4) is 0 Å². The smallest absolute Gasteiger partial charge is 0.137 e. The van der Waals surface area contributed by atoms with Crippen LogP contribution in [-0.2, 0) is 5.41 Å². The van der Waals surface area contributed by atoms with Gasteiger partial charge in [0.05, 0.1) is 16.0 Å². The minimum Gasteiger partial charge on any atom is -0.392 e. The largest absolute Gasteiger partial charge is 0.392 e. The van der Waals surface area contributed by atoms with Gasteiger partial charge in [0.2, 0.25) is 0 Å². The van der Waals surface area contributed by atoms with Crippen molar-refractivity contribution in [1.29, 1.82) is 0 Å². The van der Waals surface area contributed by atoms with E-state index in [4.69, 9.17) is 0 Å². The SMILES string of the molecule is CC(O)C1(c2ncc(Br)cn2)CC1. The Hall–Kier alpha value is -0.480. The van der Waals surface area contributed by atoms with E-state index in [9.17, 15) is 5.11 Å². The molecule has 1 atom stereocenters. The number of nitrogens with zero attached hydrogens (tertiary/aromatic N) is 2. The lowest BCUT2D eigenvalue weighted by Gasteiger charge is -2.16. The number of hydrogen-bond donors (Lipinski definition) is 1. The van der Waals surface area contributed by atoms with Gasteiger partial charge in [-0.2, -0.15) is 0 Å². The van der Waals surface area contributed by atoms with Gasteiger partial charge < -0.3 is 5.11 Å². The maximum absolute atomic E-state index is 9.57. The Morgan fingerprint density at radius 1 is 1.46 bits per heavy atom. The summed E-state index contributed by atoms with van der Waals surface area (Å²) < 4.78 is 0.873. The van der Waals surface area contributed by atoms with Gasteiger partial charge in [0.1, 0.15) is 5.82 Å². The summed E-state index contributed by atoms with van der Waals surface area (Å²) in [6.45, 7) is 1.80. The van der Waals surface area contributed by atoms with E-state index in [1.165, 1.54) is 0 Å². The molecule has 2 rings (SSSR count). The van der Waals surface area contributed by atoms with Crippen molar-refractivity contribution >= 4 is 15.9 Å². The van der Waals surface area contributed by atoms with Gasteiger partial charge in [0, 0.05) is 12.4 Å². The van der Waals surface area contributed by atoms with Crippen molar-refractivity contribution < 1.29 is 5.11 Å². The van der Waals surface area contributed by atoms with Gasteiger partial charge in [-0.1, -0.05) is 0 Å². The average molecular weight is 243 g/mol. The number of aromatic nitrogens is 2. The van der Waals surface area contributed by atoms with E-state index in [-0.39, 0.29) is 11.5 Å². The number of rotatable bonds is 2. The molecule has 3 nitrogen and oxygen atoms in total. The number of halogens is 1. The van der Waals surface area contributed by atoms with Crippen molar-refractivity contribution in [3.8, 4) is 0 Å². The number of hydrogen-bond acceptors (Lipinski definition) is 3. The second-order valence-electron chi connectivity index (χ2n) is 3.56. The number of aliphatic hydroxyl groups excluding tert-OH is 1. The summed E-state index contributed by atoms with van der Waals surface area (Å²) in [5.74, 6) is 0.769. The van der Waals surface area contributed by atoms with E-state index < -0.39 is 0 Å². The summed E-state index contributed by atoms with van der Waals surface area (Å²) >= 11 is 3.28. The Morgan fingerprint density at radius 2 is 2.00 bits per heavy atom. The zero-order valence-electron chi connectivity index (χ0n) is 7.37. The van der Waals surface area contributed by atoms with Gasteiger partial charge in [-0.05, 0) is 35.7 Å². The first-order chi connectivity index (χ1) is 6.15. The molecule has 70 valence electrons. The zero-order chi connectivity index (χ0) is 9.47. The molecule has 0 aliphatic heterocycles. The molecule has 4 heteroatoms. The van der Waals surface area contributed by atoms with Crippen LogP contribution in [0.4, 0.5) is 0 Å². The summed E-state index contributed by atoms with van der Waals surface area (Å²) in [6.07, 6.45) is 5.09. The monoisotopic (exact) mass is 242 g/mol. The van der Waals surface area contributed by atoms with Crippen molar-refractivity contribution in [3.05, 3.63) is 22.7 Å². The van der Waals surface area contributed by atoms with Crippen LogP contribution in [0.1, 0.15) is 25.6 Å². The van der Waals surface area contributed by atoms with Crippen LogP contribution in [-0.4, -0.2) is 21.2 Å². The van der Waals surface area contributed by atoms with Gasteiger partial charge >= 0.3 is 0 Å². The van der Waals surface area contributed by atoms with Crippen LogP contribution in [0.5, 0.6) is 0 Å². The van der Waals surface area contributed by atoms with Gasteiger partial charge in [0.15, 0.2) is 0 Å². The van der Waals surface area contributed by atoms with E-state index in [2.05, 4.69) is 25.9 Å². The third kappa shape index (κ3) is 1.48. The molecule has 0 amide bonds. The number of aliphatic hydroxyl groups is 1. The first-order valence-electron chi connectivity index (χ1n) is 4.31. The molecular weight excluding hydrogens is 232 g/mol. The lowest BCUT2D eigenvalue weighted by Crippen LogP contribution is -2.24. The van der Waals surface area contributed by atoms with Crippen LogP contribution < -0.4 is 0 Å². The highest BCUT2D eigenvalue weighted by molar-refractivity contribution is 9.10. The zero-order valence-corrected chi connectivity index (χ0v) is 8.95. The van der Waals surface area contributed by atoms with Crippen LogP contribution in [0.15, 0.2) is 16.9 Å². The van der Waals surface area contributed by atoms with Crippen molar-refractivity contribution in [1.82, 2.24) is 9.97 Å². The standard InChI is InChI=1S/C9H11BrN2O/c1-6(13)9(2-3-9)8-11-4-7(10)5-12-8/h4-6,13H,2-3H2,1H3. The fourth-order valence-corrected chi connectivity index (χ4v) is 1.74. The summed E-state index contributed by atoms with van der Waals surface area (Å²) in [7, 11) is 0. The topological polar surface area (TPSA) is 46.0 Å². The lowest BCUT2D eigenvalue weighted by atomic mass is 10.00. The maximum atomic E-state index is 9.57. The van der Waals surface area contributed by atoms with E-state index in [0.29, 0.717) is 0 Å². The highest BCUT2D eigenvalue weighted by atomic mass is 79.9. The molecule has 1 aromatic heterocycles. The predicted molar refractivity (Wildman–Crippen MR) is 52.3 cm³/mol. The molecule has 1 aromatic rings. The van der Waals surface area contributed by atoms with Gasteiger partial charge in [-0.25, -0.2) is 9.97 Å². The fourth-order valence-electron chi connectivity index (χ4n) is 1.53. The highest BCUT2D eigenvalue weighted by Crippen LogP contribution is 2.49. The van der Waals surface area contributed by atoms with E-state index >= 15 is 0 Å². The molecular formula is C9H11BrN2O. The van der Waals surface area contributed by atoms with Crippen LogP contribution in [0, 0.1) is 0 Å². The van der Waals surface area contributed by atoms with Crippen molar-refractivity contribution in [2.24, 2.45) is 0 Å². The summed E-state index contributed by atoms with van der Waals surface area (Å²) in [6, 6.07) is 0. The third-order valence-electron chi connectivity index (χ3n) is 2.65. The van der Waals surface area contributed by atoms with Crippen LogP contribution >= 0.6 is 15.9 Å². The first-order valence-corrected chi connectivity index (χ1v) is 5.10. The molecule has 1 aliphatic carbocycles. The first kappa shape index (κ1) is 9.09. The molecule has 1 aliphatic rings. The normalized spacial score (nSPS) is 21.2. The molecule has 1 heterocycles. The Bertz CT molecular complexity index is 306. The molecule has 0 bridgehead atoms. The van der Waals surface area contributed by atoms with Crippen LogP contribution in [0.25, 0.3) is 0 Å². The molecule has 0 radical (unpaired) electrons. The molecule has 1 saturated carbocycles. The quantitative estimate of drug-likeness (QED) is 0.859.